The minimum absolute atomic E-state index is 0.670. The maximum absolute atomic E-state index is 7.10. The number of nitrogens with zero attached hydrogens (tertiary/aromatic N) is 3. The van der Waals surface area contributed by atoms with Crippen molar-refractivity contribution in [3.8, 4) is 50.7 Å². The van der Waals surface area contributed by atoms with Crippen LogP contribution in [0.5, 0.6) is 0 Å². The predicted molar refractivity (Wildman–Crippen MR) is 223 cm³/mol. The van der Waals surface area contributed by atoms with Crippen LogP contribution in [-0.4, -0.2) is 14.5 Å². The molecule has 252 valence electrons. The second-order valence-corrected chi connectivity index (χ2v) is 13.7. The molecule has 0 amide bonds. The third kappa shape index (κ3) is 4.78. The molecule has 0 N–H and O–H groups in total. The minimum Gasteiger partial charge on any atom is -0.453 e. The van der Waals surface area contributed by atoms with Gasteiger partial charge in [0.25, 0.3) is 0 Å². The molecule has 0 saturated carbocycles. The van der Waals surface area contributed by atoms with Gasteiger partial charge < -0.3 is 8.98 Å². The van der Waals surface area contributed by atoms with Gasteiger partial charge in [-0.25, -0.2) is 9.97 Å². The van der Waals surface area contributed by atoms with Crippen molar-refractivity contribution in [2.45, 2.75) is 0 Å². The topological polar surface area (TPSA) is 43.9 Å². The zero-order valence-corrected chi connectivity index (χ0v) is 29.1. The summed E-state index contributed by atoms with van der Waals surface area (Å²) in [6.45, 7) is 0. The van der Waals surface area contributed by atoms with E-state index in [1.54, 1.807) is 0 Å². The molecular formula is C50H31N3O. The molecule has 0 fully saturated rings. The Morgan fingerprint density at radius 3 is 1.89 bits per heavy atom. The van der Waals surface area contributed by atoms with E-state index in [4.69, 9.17) is 14.4 Å². The summed E-state index contributed by atoms with van der Waals surface area (Å²) in [5.41, 5.74) is 11.8. The van der Waals surface area contributed by atoms with E-state index in [-0.39, 0.29) is 0 Å². The second-order valence-electron chi connectivity index (χ2n) is 13.7. The van der Waals surface area contributed by atoms with E-state index in [0.29, 0.717) is 5.82 Å². The third-order valence-electron chi connectivity index (χ3n) is 10.6. The summed E-state index contributed by atoms with van der Waals surface area (Å²) >= 11 is 0. The Bertz CT molecular complexity index is 3210. The molecule has 11 aromatic rings. The quantitative estimate of drug-likeness (QED) is 0.181. The Morgan fingerprint density at radius 2 is 1.00 bits per heavy atom. The van der Waals surface area contributed by atoms with Crippen LogP contribution in [0.3, 0.4) is 0 Å². The molecule has 0 spiro atoms. The van der Waals surface area contributed by atoms with Crippen molar-refractivity contribution in [3.05, 3.63) is 188 Å². The van der Waals surface area contributed by atoms with Gasteiger partial charge in [-0.2, -0.15) is 0 Å². The maximum Gasteiger partial charge on any atom is 0.161 e. The molecule has 0 aliphatic heterocycles. The monoisotopic (exact) mass is 689 g/mol. The Labute approximate surface area is 311 Å². The van der Waals surface area contributed by atoms with E-state index in [0.717, 1.165) is 94.0 Å². The zero-order valence-electron chi connectivity index (χ0n) is 29.1. The first-order valence-electron chi connectivity index (χ1n) is 18.2. The average Bonchev–Trinajstić information content (AvgIpc) is 3.80. The summed E-state index contributed by atoms with van der Waals surface area (Å²) in [5.74, 6) is 0.670. The Morgan fingerprint density at radius 1 is 0.389 bits per heavy atom. The second kappa shape index (κ2) is 12.1. The number of hydrogen-bond acceptors (Lipinski definition) is 3. The van der Waals surface area contributed by atoms with Crippen LogP contribution in [0.25, 0.3) is 105 Å². The van der Waals surface area contributed by atoms with Gasteiger partial charge >= 0.3 is 0 Å². The Balaban J connectivity index is 1.18. The molecule has 0 aliphatic rings. The number of aromatic nitrogens is 3. The van der Waals surface area contributed by atoms with Crippen LogP contribution in [-0.2, 0) is 0 Å². The van der Waals surface area contributed by atoms with Crippen molar-refractivity contribution in [3.63, 3.8) is 0 Å². The first-order chi connectivity index (χ1) is 26.8. The molecule has 0 bridgehead atoms. The van der Waals surface area contributed by atoms with Gasteiger partial charge in [-0.1, -0.05) is 146 Å². The van der Waals surface area contributed by atoms with Crippen molar-refractivity contribution in [1.82, 2.24) is 14.5 Å². The van der Waals surface area contributed by atoms with Crippen LogP contribution in [0.4, 0.5) is 0 Å². The lowest BCUT2D eigenvalue weighted by Gasteiger charge is -2.12. The van der Waals surface area contributed by atoms with E-state index in [1.807, 2.05) is 6.07 Å². The first kappa shape index (κ1) is 30.3. The number of furan rings is 1. The summed E-state index contributed by atoms with van der Waals surface area (Å²) in [6.07, 6.45) is 0. The van der Waals surface area contributed by atoms with E-state index >= 15 is 0 Å². The molecule has 11 rings (SSSR count). The van der Waals surface area contributed by atoms with Crippen LogP contribution >= 0.6 is 0 Å². The fourth-order valence-electron chi connectivity index (χ4n) is 8.11. The van der Waals surface area contributed by atoms with Gasteiger partial charge in [0.15, 0.2) is 11.4 Å². The number of para-hydroxylation sites is 3. The van der Waals surface area contributed by atoms with Crippen LogP contribution in [0.15, 0.2) is 192 Å². The lowest BCUT2D eigenvalue weighted by Crippen LogP contribution is -1.97. The highest BCUT2D eigenvalue weighted by Gasteiger charge is 2.22. The molecule has 0 radical (unpaired) electrons. The van der Waals surface area contributed by atoms with E-state index < -0.39 is 0 Å². The van der Waals surface area contributed by atoms with Gasteiger partial charge in [0.05, 0.1) is 22.4 Å². The highest BCUT2D eigenvalue weighted by molar-refractivity contribution is 6.22. The molecule has 0 atom stereocenters. The lowest BCUT2D eigenvalue weighted by atomic mass is 9.99. The van der Waals surface area contributed by atoms with Gasteiger partial charge in [-0.05, 0) is 64.4 Å². The Hall–Kier alpha value is -7.30. The minimum atomic E-state index is 0.670. The highest BCUT2D eigenvalue weighted by atomic mass is 16.3. The smallest absolute Gasteiger partial charge is 0.161 e. The maximum atomic E-state index is 7.10. The molecule has 3 aromatic heterocycles. The number of benzene rings is 8. The van der Waals surface area contributed by atoms with Crippen molar-refractivity contribution >= 4 is 54.5 Å². The van der Waals surface area contributed by atoms with Gasteiger partial charge in [0.1, 0.15) is 5.58 Å². The lowest BCUT2D eigenvalue weighted by molar-refractivity contribution is 0.672. The van der Waals surface area contributed by atoms with E-state index in [2.05, 4.69) is 187 Å². The summed E-state index contributed by atoms with van der Waals surface area (Å²) in [4.78, 5) is 10.6. The van der Waals surface area contributed by atoms with Crippen LogP contribution in [0.2, 0.25) is 0 Å². The normalized spacial score (nSPS) is 11.7. The SMILES string of the molecule is c1ccc(-c2cccc(-c3cc(-c4cccc5c4oc4c5ccc5c6ccccc6n(-c6ccccc6)c54)nc(-c4cccc5ccccc45)n3)c2)cc1. The summed E-state index contributed by atoms with van der Waals surface area (Å²) in [5, 5.41) is 6.72. The number of rotatable bonds is 5. The molecule has 8 aromatic carbocycles. The van der Waals surface area contributed by atoms with Crippen molar-refractivity contribution in [2.24, 2.45) is 0 Å². The standard InChI is InChI=1S/C50H31N3O/c1-3-14-32(15-4-1)34-18-11-19-35(30-34)44-31-45(52-50(51-44)42-25-12-17-33-16-7-8-22-37(33)42)43-26-13-24-40-41-29-28-39-38-23-9-10-27-46(38)53(36-20-5-2-6-21-36)47(39)49(41)54-48(40)43/h1-31H. The molecular weight excluding hydrogens is 659 g/mol. The molecule has 0 saturated heterocycles. The first-order valence-corrected chi connectivity index (χ1v) is 18.2. The summed E-state index contributed by atoms with van der Waals surface area (Å²) in [6, 6.07) is 65.9. The largest absolute Gasteiger partial charge is 0.453 e. The van der Waals surface area contributed by atoms with Gasteiger partial charge in [0, 0.05) is 43.9 Å². The van der Waals surface area contributed by atoms with Gasteiger partial charge in [-0.3, -0.25) is 0 Å². The van der Waals surface area contributed by atoms with Gasteiger partial charge in [0.2, 0.25) is 0 Å². The van der Waals surface area contributed by atoms with Crippen molar-refractivity contribution < 1.29 is 4.42 Å². The summed E-state index contributed by atoms with van der Waals surface area (Å²) < 4.78 is 9.43. The average molecular weight is 690 g/mol. The van der Waals surface area contributed by atoms with Crippen LogP contribution < -0.4 is 0 Å². The molecule has 54 heavy (non-hydrogen) atoms. The van der Waals surface area contributed by atoms with E-state index in [9.17, 15) is 0 Å². The number of hydrogen-bond donors (Lipinski definition) is 0. The van der Waals surface area contributed by atoms with Crippen molar-refractivity contribution in [2.75, 3.05) is 0 Å². The fraction of sp³-hybridized carbons (Fsp3) is 0. The van der Waals surface area contributed by atoms with Gasteiger partial charge in [-0.15, -0.1) is 0 Å². The zero-order chi connectivity index (χ0) is 35.6. The molecule has 0 aliphatic carbocycles. The molecule has 4 nitrogen and oxygen atoms in total. The molecule has 3 heterocycles. The predicted octanol–water partition coefficient (Wildman–Crippen LogP) is 13.3. The van der Waals surface area contributed by atoms with E-state index in [1.165, 1.54) is 5.39 Å². The number of fused-ring (bicyclic) bond motifs is 8. The van der Waals surface area contributed by atoms with Crippen LogP contribution in [0.1, 0.15) is 0 Å². The fourth-order valence-corrected chi connectivity index (χ4v) is 8.11. The molecule has 0 unspecified atom stereocenters. The van der Waals surface area contributed by atoms with Crippen molar-refractivity contribution in [1.29, 1.82) is 0 Å². The van der Waals surface area contributed by atoms with Crippen LogP contribution in [0, 0.1) is 0 Å². The molecule has 4 heteroatoms. The summed E-state index contributed by atoms with van der Waals surface area (Å²) in [7, 11) is 0. The Kier molecular flexibility index (Phi) is 6.82. The highest BCUT2D eigenvalue weighted by Crippen LogP contribution is 2.43. The third-order valence-corrected chi connectivity index (χ3v) is 10.6.